The molecule has 19 heavy (non-hydrogen) atoms. The zero-order valence-corrected chi connectivity index (χ0v) is 11.6. The molecule has 2 fully saturated rings. The van der Waals surface area contributed by atoms with Crippen LogP contribution in [-0.2, 0) is 0 Å². The van der Waals surface area contributed by atoms with Crippen molar-refractivity contribution >= 4 is 0 Å². The van der Waals surface area contributed by atoms with Crippen LogP contribution in [0.4, 0.5) is 0 Å². The highest BCUT2D eigenvalue weighted by atomic mass is 15.5. The molecule has 0 spiro atoms. The Morgan fingerprint density at radius 1 is 0.842 bits per heavy atom. The fraction of sp³-hybridized carbons (Fsp3) is 0.375. The maximum Gasteiger partial charge on any atom is 0.108 e. The van der Waals surface area contributed by atoms with Crippen molar-refractivity contribution in [2.75, 3.05) is 19.6 Å². The molecular formula is C16H23N3. The van der Waals surface area contributed by atoms with Gasteiger partial charge < -0.3 is 14.7 Å². The van der Waals surface area contributed by atoms with Crippen LogP contribution in [0.5, 0.6) is 0 Å². The molecule has 0 aromatic rings. The summed E-state index contributed by atoms with van der Waals surface area (Å²) < 4.78 is 0. The van der Waals surface area contributed by atoms with E-state index in [-0.39, 0.29) is 0 Å². The van der Waals surface area contributed by atoms with Crippen LogP contribution in [0.25, 0.3) is 0 Å². The lowest BCUT2D eigenvalue weighted by Crippen LogP contribution is -2.49. The van der Waals surface area contributed by atoms with Crippen LogP contribution in [0, 0.1) is 5.92 Å². The Bertz CT molecular complexity index is 399. The zero-order valence-electron chi connectivity index (χ0n) is 11.6. The van der Waals surface area contributed by atoms with E-state index in [9.17, 15) is 0 Å². The third-order valence-corrected chi connectivity index (χ3v) is 3.63. The van der Waals surface area contributed by atoms with E-state index in [2.05, 4.69) is 47.6 Å². The molecule has 0 bridgehead atoms. The number of hydrogen-bond acceptors (Lipinski definition) is 3. The lowest BCUT2D eigenvalue weighted by molar-refractivity contribution is 0.143. The molecule has 0 unspecified atom stereocenters. The molecule has 0 aromatic heterocycles. The summed E-state index contributed by atoms with van der Waals surface area (Å²) in [4.78, 5) is 6.35. The number of rotatable bonds is 6. The molecule has 1 saturated carbocycles. The summed E-state index contributed by atoms with van der Waals surface area (Å²) in [5.41, 5.74) is 0. The van der Waals surface area contributed by atoms with E-state index in [1.807, 2.05) is 12.2 Å². The zero-order chi connectivity index (χ0) is 14.0. The smallest absolute Gasteiger partial charge is 0.108 e. The van der Waals surface area contributed by atoms with Crippen molar-refractivity contribution in [1.29, 1.82) is 0 Å². The largest absolute Gasteiger partial charge is 0.314 e. The van der Waals surface area contributed by atoms with Crippen LogP contribution in [0.1, 0.15) is 12.8 Å². The molecule has 0 amide bonds. The van der Waals surface area contributed by atoms with Crippen molar-refractivity contribution in [1.82, 2.24) is 14.7 Å². The summed E-state index contributed by atoms with van der Waals surface area (Å²) in [5.74, 6) is 3.56. The van der Waals surface area contributed by atoms with E-state index in [0.29, 0.717) is 13.1 Å². The highest BCUT2D eigenvalue weighted by molar-refractivity contribution is 5.23. The molecule has 1 saturated heterocycles. The SMILES string of the molecule is C=CCN1C(=C)N(CC=C)C(=C)N(CC2CC2)C1=C. The van der Waals surface area contributed by atoms with E-state index >= 15 is 0 Å². The number of hydrogen-bond donors (Lipinski definition) is 0. The van der Waals surface area contributed by atoms with Crippen LogP contribution >= 0.6 is 0 Å². The first kappa shape index (κ1) is 13.5. The third-order valence-electron chi connectivity index (χ3n) is 3.63. The predicted molar refractivity (Wildman–Crippen MR) is 80.7 cm³/mol. The van der Waals surface area contributed by atoms with Gasteiger partial charge in [-0.3, -0.25) is 0 Å². The summed E-state index contributed by atoms with van der Waals surface area (Å²) in [7, 11) is 0. The maximum absolute atomic E-state index is 4.20. The van der Waals surface area contributed by atoms with Gasteiger partial charge >= 0.3 is 0 Å². The second-order valence-corrected chi connectivity index (χ2v) is 5.10. The number of nitrogens with zero attached hydrogens (tertiary/aromatic N) is 3. The molecular weight excluding hydrogens is 234 g/mol. The van der Waals surface area contributed by atoms with E-state index in [1.165, 1.54) is 12.8 Å². The molecule has 2 rings (SSSR count). The monoisotopic (exact) mass is 257 g/mol. The maximum atomic E-state index is 4.20. The van der Waals surface area contributed by atoms with Crippen molar-refractivity contribution in [2.24, 2.45) is 5.92 Å². The standard InChI is InChI=1S/C16H23N3/c1-6-10-17-13(3)18(11-7-2)15(5)19(14(17)4)12-16-8-9-16/h6-7,16H,1-5,8-12H2. The van der Waals surface area contributed by atoms with Gasteiger partial charge in [-0.15, -0.1) is 13.2 Å². The van der Waals surface area contributed by atoms with Crippen LogP contribution in [0.15, 0.2) is 62.5 Å². The third kappa shape index (κ3) is 2.60. The first-order chi connectivity index (χ1) is 9.10. The molecule has 0 N–H and O–H groups in total. The molecule has 3 nitrogen and oxygen atoms in total. The fourth-order valence-corrected chi connectivity index (χ4v) is 2.33. The van der Waals surface area contributed by atoms with Crippen LogP contribution in [-0.4, -0.2) is 34.3 Å². The second kappa shape index (κ2) is 5.39. The van der Waals surface area contributed by atoms with Crippen LogP contribution in [0.3, 0.4) is 0 Å². The van der Waals surface area contributed by atoms with Crippen molar-refractivity contribution < 1.29 is 0 Å². The van der Waals surface area contributed by atoms with Gasteiger partial charge in [0.2, 0.25) is 0 Å². The first-order valence-electron chi connectivity index (χ1n) is 6.71. The Morgan fingerprint density at radius 2 is 1.26 bits per heavy atom. The van der Waals surface area contributed by atoms with E-state index in [4.69, 9.17) is 0 Å². The van der Waals surface area contributed by atoms with Crippen molar-refractivity contribution in [3.63, 3.8) is 0 Å². The second-order valence-electron chi connectivity index (χ2n) is 5.10. The van der Waals surface area contributed by atoms with Gasteiger partial charge in [0.1, 0.15) is 17.5 Å². The van der Waals surface area contributed by atoms with Gasteiger partial charge in [0.25, 0.3) is 0 Å². The molecule has 0 atom stereocenters. The average Bonchev–Trinajstić information content (AvgIpc) is 3.20. The van der Waals surface area contributed by atoms with Gasteiger partial charge in [-0.1, -0.05) is 31.9 Å². The van der Waals surface area contributed by atoms with Gasteiger partial charge in [-0.05, 0) is 18.8 Å². The van der Waals surface area contributed by atoms with Crippen molar-refractivity contribution in [2.45, 2.75) is 12.8 Å². The summed E-state index contributed by atoms with van der Waals surface area (Å²) >= 11 is 0. The first-order valence-corrected chi connectivity index (χ1v) is 6.71. The Hall–Kier alpha value is -1.90. The quantitative estimate of drug-likeness (QED) is 0.677. The van der Waals surface area contributed by atoms with Crippen molar-refractivity contribution in [3.05, 3.63) is 62.5 Å². The normalized spacial score (nSPS) is 20.0. The topological polar surface area (TPSA) is 9.72 Å². The van der Waals surface area contributed by atoms with Gasteiger partial charge in [0.05, 0.1) is 0 Å². The highest BCUT2D eigenvalue weighted by Gasteiger charge is 2.34. The minimum absolute atomic E-state index is 0.708. The van der Waals surface area contributed by atoms with Gasteiger partial charge in [-0.25, -0.2) is 0 Å². The molecule has 0 aromatic carbocycles. The molecule has 1 aliphatic carbocycles. The molecule has 1 aliphatic heterocycles. The molecule has 102 valence electrons. The lowest BCUT2D eigenvalue weighted by atomic mass is 10.3. The predicted octanol–water partition coefficient (Wildman–Crippen LogP) is 3.10. The molecule has 1 heterocycles. The Labute approximate surface area is 116 Å². The summed E-state index contributed by atoms with van der Waals surface area (Å²) in [6.45, 7) is 22.6. The Morgan fingerprint density at radius 3 is 1.63 bits per heavy atom. The van der Waals surface area contributed by atoms with Gasteiger partial charge in [-0.2, -0.15) is 0 Å². The summed E-state index contributed by atoms with van der Waals surface area (Å²) in [6.07, 6.45) is 6.35. The summed E-state index contributed by atoms with van der Waals surface area (Å²) in [5, 5.41) is 0. The Balaban J connectivity index is 2.23. The van der Waals surface area contributed by atoms with Crippen LogP contribution < -0.4 is 0 Å². The minimum atomic E-state index is 0.708. The minimum Gasteiger partial charge on any atom is -0.314 e. The van der Waals surface area contributed by atoms with Crippen LogP contribution in [0.2, 0.25) is 0 Å². The Kier molecular flexibility index (Phi) is 3.84. The molecule has 3 heteroatoms. The fourth-order valence-electron chi connectivity index (χ4n) is 2.33. The highest BCUT2D eigenvalue weighted by Crippen LogP contribution is 2.36. The van der Waals surface area contributed by atoms with E-state index in [0.717, 1.165) is 29.9 Å². The van der Waals surface area contributed by atoms with Gasteiger partial charge in [0, 0.05) is 19.6 Å². The van der Waals surface area contributed by atoms with E-state index in [1.54, 1.807) is 0 Å². The average molecular weight is 257 g/mol. The van der Waals surface area contributed by atoms with E-state index < -0.39 is 0 Å². The summed E-state index contributed by atoms with van der Waals surface area (Å²) in [6, 6.07) is 0. The molecule has 0 radical (unpaired) electrons. The molecule has 2 aliphatic rings. The van der Waals surface area contributed by atoms with Crippen molar-refractivity contribution in [3.8, 4) is 0 Å². The van der Waals surface area contributed by atoms with Gasteiger partial charge in [0.15, 0.2) is 0 Å². The lowest BCUT2D eigenvalue weighted by Gasteiger charge is -2.48.